The van der Waals surface area contributed by atoms with Crippen LogP contribution < -0.4 is 5.32 Å². The second-order valence-electron chi connectivity index (χ2n) is 5.18. The van der Waals surface area contributed by atoms with E-state index in [9.17, 15) is 4.39 Å². The molecule has 0 saturated heterocycles. The molecule has 1 aromatic carbocycles. The zero-order valence-corrected chi connectivity index (χ0v) is 11.9. The molecule has 0 fully saturated rings. The number of rotatable bonds is 3. The molecular weight excluding hydrogens is 269 g/mol. The molecule has 0 saturated carbocycles. The van der Waals surface area contributed by atoms with Gasteiger partial charge in [-0.2, -0.15) is 0 Å². The van der Waals surface area contributed by atoms with E-state index in [1.165, 1.54) is 6.07 Å². The SMILES string of the molecule is CC(NCc1cccc(F)c1Br)C(C)(C)C. The fourth-order valence-electron chi connectivity index (χ4n) is 1.25. The zero-order valence-electron chi connectivity index (χ0n) is 10.3. The van der Waals surface area contributed by atoms with Gasteiger partial charge in [0.2, 0.25) is 0 Å². The lowest BCUT2D eigenvalue weighted by Crippen LogP contribution is -2.37. The van der Waals surface area contributed by atoms with Gasteiger partial charge >= 0.3 is 0 Å². The first-order valence-corrected chi connectivity index (χ1v) is 6.28. The minimum atomic E-state index is -0.206. The molecule has 0 bridgehead atoms. The Morgan fingerprint density at radius 3 is 2.56 bits per heavy atom. The van der Waals surface area contributed by atoms with Crippen LogP contribution in [0.4, 0.5) is 4.39 Å². The highest BCUT2D eigenvalue weighted by Gasteiger charge is 2.19. The molecule has 0 amide bonds. The van der Waals surface area contributed by atoms with Crippen LogP contribution in [-0.2, 0) is 6.54 Å². The smallest absolute Gasteiger partial charge is 0.137 e. The van der Waals surface area contributed by atoms with E-state index in [0.29, 0.717) is 17.1 Å². The van der Waals surface area contributed by atoms with E-state index in [-0.39, 0.29) is 11.2 Å². The summed E-state index contributed by atoms with van der Waals surface area (Å²) < 4.78 is 13.8. The Morgan fingerprint density at radius 2 is 2.00 bits per heavy atom. The van der Waals surface area contributed by atoms with Gasteiger partial charge in [-0.25, -0.2) is 4.39 Å². The van der Waals surface area contributed by atoms with Crippen LogP contribution in [0.3, 0.4) is 0 Å². The molecule has 0 aliphatic heterocycles. The van der Waals surface area contributed by atoms with Crippen LogP contribution >= 0.6 is 15.9 Å². The summed E-state index contributed by atoms with van der Waals surface area (Å²) in [4.78, 5) is 0. The van der Waals surface area contributed by atoms with Gasteiger partial charge in [0.1, 0.15) is 5.82 Å². The summed E-state index contributed by atoms with van der Waals surface area (Å²) in [5.41, 5.74) is 1.16. The highest BCUT2D eigenvalue weighted by atomic mass is 79.9. The fraction of sp³-hybridized carbons (Fsp3) is 0.538. The number of hydrogen-bond donors (Lipinski definition) is 1. The molecule has 90 valence electrons. The van der Waals surface area contributed by atoms with Crippen molar-refractivity contribution >= 4 is 15.9 Å². The largest absolute Gasteiger partial charge is 0.310 e. The molecule has 16 heavy (non-hydrogen) atoms. The Labute approximate surface area is 106 Å². The van der Waals surface area contributed by atoms with Crippen molar-refractivity contribution in [2.24, 2.45) is 5.41 Å². The van der Waals surface area contributed by atoms with Crippen LogP contribution in [0.15, 0.2) is 22.7 Å². The van der Waals surface area contributed by atoms with Crippen molar-refractivity contribution in [2.75, 3.05) is 0 Å². The van der Waals surface area contributed by atoms with Gasteiger partial charge in [-0.1, -0.05) is 32.9 Å². The second-order valence-corrected chi connectivity index (χ2v) is 5.97. The Morgan fingerprint density at radius 1 is 1.38 bits per heavy atom. The van der Waals surface area contributed by atoms with Crippen LogP contribution in [0, 0.1) is 11.2 Å². The van der Waals surface area contributed by atoms with Gasteiger partial charge in [-0.05, 0) is 39.9 Å². The first-order chi connectivity index (χ1) is 7.32. The van der Waals surface area contributed by atoms with Crippen LogP contribution in [0.5, 0.6) is 0 Å². The van der Waals surface area contributed by atoms with E-state index in [4.69, 9.17) is 0 Å². The molecule has 0 aliphatic carbocycles. The number of hydrogen-bond acceptors (Lipinski definition) is 1. The predicted octanol–water partition coefficient (Wildman–Crippen LogP) is 4.11. The van der Waals surface area contributed by atoms with Crippen molar-refractivity contribution in [2.45, 2.75) is 40.3 Å². The van der Waals surface area contributed by atoms with Gasteiger partial charge < -0.3 is 5.32 Å². The topological polar surface area (TPSA) is 12.0 Å². The third-order valence-corrected chi connectivity index (χ3v) is 3.82. The maximum Gasteiger partial charge on any atom is 0.137 e. The maximum atomic E-state index is 13.3. The molecule has 1 N–H and O–H groups in total. The molecule has 0 heterocycles. The summed E-state index contributed by atoms with van der Waals surface area (Å²) >= 11 is 3.27. The number of halogens is 2. The van der Waals surface area contributed by atoms with Crippen LogP contribution in [0.1, 0.15) is 33.3 Å². The summed E-state index contributed by atoms with van der Waals surface area (Å²) in [5, 5.41) is 3.41. The average molecular weight is 288 g/mol. The molecule has 1 nitrogen and oxygen atoms in total. The van der Waals surface area contributed by atoms with Crippen molar-refractivity contribution in [1.29, 1.82) is 0 Å². The van der Waals surface area contributed by atoms with Crippen LogP contribution in [-0.4, -0.2) is 6.04 Å². The standard InChI is InChI=1S/C13H19BrFN/c1-9(13(2,3)4)16-8-10-6-5-7-11(15)12(10)14/h5-7,9,16H,8H2,1-4H3. The minimum absolute atomic E-state index is 0.206. The van der Waals surface area contributed by atoms with Crippen molar-refractivity contribution in [1.82, 2.24) is 5.32 Å². The summed E-state index contributed by atoms with van der Waals surface area (Å²) in [6.07, 6.45) is 0. The van der Waals surface area contributed by atoms with Crippen molar-refractivity contribution in [3.05, 3.63) is 34.1 Å². The number of nitrogens with one attached hydrogen (secondary N) is 1. The lowest BCUT2D eigenvalue weighted by Gasteiger charge is -2.28. The molecule has 3 heteroatoms. The Hall–Kier alpha value is -0.410. The van der Waals surface area contributed by atoms with Crippen molar-refractivity contribution < 1.29 is 4.39 Å². The Balaban J connectivity index is 2.65. The van der Waals surface area contributed by atoms with E-state index in [2.05, 4.69) is 48.9 Å². The zero-order chi connectivity index (χ0) is 12.3. The van der Waals surface area contributed by atoms with Gasteiger partial charge in [0.15, 0.2) is 0 Å². The van der Waals surface area contributed by atoms with Gasteiger partial charge in [0.05, 0.1) is 4.47 Å². The van der Waals surface area contributed by atoms with Gasteiger partial charge in [0, 0.05) is 12.6 Å². The third kappa shape index (κ3) is 3.56. The van der Waals surface area contributed by atoms with Gasteiger partial charge in [-0.3, -0.25) is 0 Å². The maximum absolute atomic E-state index is 13.3. The fourth-order valence-corrected chi connectivity index (χ4v) is 1.66. The van der Waals surface area contributed by atoms with Gasteiger partial charge in [-0.15, -0.1) is 0 Å². The first kappa shape index (κ1) is 13.7. The molecule has 0 radical (unpaired) electrons. The van der Waals surface area contributed by atoms with Crippen LogP contribution in [0.2, 0.25) is 0 Å². The Kier molecular flexibility index (Phi) is 4.51. The lowest BCUT2D eigenvalue weighted by molar-refractivity contribution is 0.285. The molecule has 0 aromatic heterocycles. The second kappa shape index (κ2) is 5.28. The van der Waals surface area contributed by atoms with E-state index < -0.39 is 0 Å². The molecule has 1 atom stereocenters. The van der Waals surface area contributed by atoms with Crippen molar-refractivity contribution in [3.63, 3.8) is 0 Å². The molecular formula is C13H19BrFN. The molecule has 1 rings (SSSR count). The highest BCUT2D eigenvalue weighted by Crippen LogP contribution is 2.22. The summed E-state index contributed by atoms with van der Waals surface area (Å²) in [5.74, 6) is -0.206. The lowest BCUT2D eigenvalue weighted by atomic mass is 9.88. The van der Waals surface area contributed by atoms with E-state index in [1.54, 1.807) is 6.07 Å². The minimum Gasteiger partial charge on any atom is -0.310 e. The summed E-state index contributed by atoms with van der Waals surface area (Å²) in [7, 11) is 0. The van der Waals surface area contributed by atoms with Crippen molar-refractivity contribution in [3.8, 4) is 0 Å². The number of benzene rings is 1. The predicted molar refractivity (Wildman–Crippen MR) is 69.9 cm³/mol. The third-order valence-electron chi connectivity index (χ3n) is 2.93. The monoisotopic (exact) mass is 287 g/mol. The molecule has 0 spiro atoms. The molecule has 0 aliphatic rings. The Bertz CT molecular complexity index is 357. The van der Waals surface area contributed by atoms with E-state index >= 15 is 0 Å². The highest BCUT2D eigenvalue weighted by molar-refractivity contribution is 9.10. The molecule has 1 aromatic rings. The van der Waals surface area contributed by atoms with Crippen LogP contribution in [0.25, 0.3) is 0 Å². The quantitative estimate of drug-likeness (QED) is 0.882. The van der Waals surface area contributed by atoms with Gasteiger partial charge in [0.25, 0.3) is 0 Å². The normalized spacial score (nSPS) is 13.9. The average Bonchev–Trinajstić information content (AvgIpc) is 2.18. The first-order valence-electron chi connectivity index (χ1n) is 5.48. The summed E-state index contributed by atoms with van der Waals surface area (Å²) in [6, 6.07) is 5.50. The summed E-state index contributed by atoms with van der Waals surface area (Å²) in [6.45, 7) is 9.38. The van der Waals surface area contributed by atoms with E-state index in [1.807, 2.05) is 6.07 Å². The molecule has 1 unspecified atom stereocenters. The van der Waals surface area contributed by atoms with E-state index in [0.717, 1.165) is 5.56 Å².